The number of hydrogen-bond acceptors (Lipinski definition) is 14. The van der Waals surface area contributed by atoms with Crippen molar-refractivity contribution < 1.29 is 111 Å². The van der Waals surface area contributed by atoms with Crippen LogP contribution in [0, 0.1) is 35.5 Å². The summed E-state index contributed by atoms with van der Waals surface area (Å²) in [5.41, 5.74) is -1.77. The highest BCUT2D eigenvalue weighted by molar-refractivity contribution is 6.01. The highest BCUT2D eigenvalue weighted by atomic mass is 19.4. The normalized spacial score (nSPS) is 31.4. The topological polar surface area (TPSA) is 289 Å². The van der Waals surface area contributed by atoms with Crippen LogP contribution in [0.3, 0.4) is 0 Å². The minimum atomic E-state index is -5.24. The number of nitrogens with one attached hydrogen (secondary N) is 3. The third-order valence-corrected chi connectivity index (χ3v) is 24.2. The lowest BCUT2D eigenvalue weighted by Crippen LogP contribution is -2.68. The van der Waals surface area contributed by atoms with E-state index in [4.69, 9.17) is 9.47 Å². The third-order valence-electron chi connectivity index (χ3n) is 24.2. The average molecular weight is 1600 g/mol. The highest BCUT2D eigenvalue weighted by Gasteiger charge is 2.56. The van der Waals surface area contributed by atoms with E-state index in [1.165, 1.54) is 64.1 Å². The predicted molar refractivity (Wildman–Crippen MR) is 383 cm³/mol. The van der Waals surface area contributed by atoms with Gasteiger partial charge in [-0.25, -0.2) is 17.6 Å². The molecule has 26 nitrogen and oxygen atoms in total. The number of ether oxygens (including phenoxy) is 2. The molecule has 3 aliphatic heterocycles. The summed E-state index contributed by atoms with van der Waals surface area (Å²) in [6, 6.07) is -13.0. The maximum atomic E-state index is 15.6. The number of methoxy groups -OCH3 is 1. The zero-order valence-electron chi connectivity index (χ0n) is 65.6. The number of fused-ring (bicyclic) bond motifs is 3. The molecular weight excluding hydrogens is 1480 g/mol. The van der Waals surface area contributed by atoms with Crippen LogP contribution in [-0.4, -0.2) is 308 Å². The fraction of sp³-hybridized carbons (Fsp3) is 0.813. The minimum Gasteiger partial charge on any atom is -0.383 e. The molecule has 0 aromatic carbocycles. The zero-order chi connectivity index (χ0) is 82.5. The molecule has 12 amide bonds. The lowest BCUT2D eigenvalue weighted by molar-refractivity contribution is -0.219. The summed E-state index contributed by atoms with van der Waals surface area (Å²) in [5.74, 6) is -19.0. The Hall–Kier alpha value is -7.40. The second-order valence-electron chi connectivity index (χ2n) is 31.7. The van der Waals surface area contributed by atoms with Crippen molar-refractivity contribution >= 4 is 70.9 Å². The van der Waals surface area contributed by atoms with E-state index < -0.39 is 243 Å². The Labute approximate surface area is 642 Å². The first kappa shape index (κ1) is 90.8. The maximum absolute atomic E-state index is 15.6. The van der Waals surface area contributed by atoms with Crippen molar-refractivity contribution in [1.82, 2.24) is 60.0 Å². The van der Waals surface area contributed by atoms with Crippen molar-refractivity contribution in [2.24, 2.45) is 35.5 Å². The molecule has 3 N–H and O–H groups in total. The first-order valence-corrected chi connectivity index (χ1v) is 38.9. The summed E-state index contributed by atoms with van der Waals surface area (Å²) in [7, 11) is 9.96. The Morgan fingerprint density at radius 2 is 1.30 bits per heavy atom. The van der Waals surface area contributed by atoms with E-state index in [0.717, 1.165) is 31.5 Å². The van der Waals surface area contributed by atoms with Crippen LogP contribution in [0.4, 0.5) is 43.9 Å². The molecule has 0 radical (unpaired) electrons. The van der Waals surface area contributed by atoms with E-state index in [2.05, 4.69) is 16.0 Å². The Morgan fingerprint density at radius 3 is 1.86 bits per heavy atom. The largest absolute Gasteiger partial charge is 0.397 e. The Balaban J connectivity index is 1.34. The van der Waals surface area contributed by atoms with E-state index in [0.29, 0.717) is 37.0 Å². The molecule has 12 atom stereocenters. The van der Waals surface area contributed by atoms with Crippen molar-refractivity contribution in [2.45, 2.75) is 253 Å². The third kappa shape index (κ3) is 22.5. The molecule has 111 heavy (non-hydrogen) atoms. The quantitative estimate of drug-likeness (QED) is 0.118. The maximum Gasteiger partial charge on any atom is 0.397 e. The van der Waals surface area contributed by atoms with Crippen LogP contribution in [-0.2, 0) is 67.0 Å². The van der Waals surface area contributed by atoms with Gasteiger partial charge in [-0.05, 0) is 133 Å². The van der Waals surface area contributed by atoms with Gasteiger partial charge in [-0.2, -0.15) is 26.3 Å². The molecule has 2 saturated heterocycles. The zero-order valence-corrected chi connectivity index (χ0v) is 65.6. The molecule has 4 saturated carbocycles. The molecule has 1 spiro atoms. The molecule has 2 unspecified atom stereocenters. The SMILES string of the molecule is CCO[C@@H]1C[C@H]2C(=O)NC3(CCC3)C(=O)N(C)[C@@H](C3CCCC3)C(=O)N(C)[C@H](C(=O)N(C)CCOC)CC(=O)N(C)[C@@H](CC(F)F)C(=O)N[C@@H]([C@@H](C)CC)C(=O)N(C)CC(=O)N(C)[C@H]3C/C=C\CCN(C3=O)[C@@H](CC3CCC(C(F)(F)F)CC3)C(=O)N(C)CC(=O)N[C@@H](CCC3CC(F)C(C(F)(F)F)C(F)C3)C(=O)N2C1. The Kier molecular flexibility index (Phi) is 32.4. The molecule has 7 aliphatic rings. The van der Waals surface area contributed by atoms with Crippen LogP contribution in [0.5, 0.6) is 0 Å². The van der Waals surface area contributed by atoms with Crippen molar-refractivity contribution in [2.75, 3.05) is 102 Å². The smallest absolute Gasteiger partial charge is 0.383 e. The van der Waals surface area contributed by atoms with Crippen molar-refractivity contribution in [3.63, 3.8) is 0 Å². The van der Waals surface area contributed by atoms with Gasteiger partial charge in [-0.3, -0.25) is 57.5 Å². The van der Waals surface area contributed by atoms with Crippen LogP contribution < -0.4 is 16.0 Å². The molecule has 36 heteroatoms. The summed E-state index contributed by atoms with van der Waals surface area (Å²) in [6.45, 7) is 2.55. The predicted octanol–water partition coefficient (Wildman–Crippen LogP) is 5.98. The van der Waals surface area contributed by atoms with Crippen LogP contribution in [0.15, 0.2) is 12.2 Å². The molecule has 0 aromatic heterocycles. The summed E-state index contributed by atoms with van der Waals surface area (Å²) in [4.78, 5) is 190. The van der Waals surface area contributed by atoms with Crippen LogP contribution in [0.2, 0.25) is 0 Å². The number of carbonyl (C=O) groups is 12. The Bertz CT molecular complexity index is 3290. The number of alkyl halides is 10. The first-order chi connectivity index (χ1) is 52.1. The number of likely N-dealkylation sites (N-methyl/N-ethyl adjacent to an activating group) is 7. The second-order valence-corrected chi connectivity index (χ2v) is 31.7. The lowest BCUT2D eigenvalue weighted by Gasteiger charge is -2.46. The van der Waals surface area contributed by atoms with Crippen molar-refractivity contribution in [3.8, 4) is 0 Å². The number of hydrogen-bond donors (Lipinski definition) is 3. The van der Waals surface area contributed by atoms with E-state index in [1.54, 1.807) is 32.9 Å². The molecule has 2 bridgehead atoms. The van der Waals surface area contributed by atoms with E-state index in [1.807, 2.05) is 0 Å². The molecule has 6 fully saturated rings. The van der Waals surface area contributed by atoms with E-state index in [9.17, 15) is 63.9 Å². The fourth-order valence-corrected chi connectivity index (χ4v) is 17.0. The molecule has 628 valence electrons. The van der Waals surface area contributed by atoms with E-state index in [-0.39, 0.29) is 110 Å². The van der Waals surface area contributed by atoms with Crippen molar-refractivity contribution in [3.05, 3.63) is 12.2 Å². The van der Waals surface area contributed by atoms with Gasteiger partial charge in [0.15, 0.2) is 0 Å². The second kappa shape index (κ2) is 39.6. The van der Waals surface area contributed by atoms with Gasteiger partial charge in [0.2, 0.25) is 77.3 Å². The van der Waals surface area contributed by atoms with Gasteiger partial charge in [0.25, 0.3) is 0 Å². The molecule has 3 heterocycles. The van der Waals surface area contributed by atoms with Gasteiger partial charge in [0.1, 0.15) is 72.1 Å². The highest BCUT2D eigenvalue weighted by Crippen LogP contribution is 2.46. The van der Waals surface area contributed by atoms with Crippen LogP contribution in [0.1, 0.15) is 162 Å². The van der Waals surface area contributed by atoms with Gasteiger partial charge in [0, 0.05) is 95.5 Å². The first-order valence-electron chi connectivity index (χ1n) is 38.9. The monoisotopic (exact) mass is 1600 g/mol. The lowest BCUT2D eigenvalue weighted by atomic mass is 9.74. The number of nitrogens with zero attached hydrogens (tertiary/aromatic N) is 9. The van der Waals surface area contributed by atoms with Crippen molar-refractivity contribution in [1.29, 1.82) is 0 Å². The Morgan fingerprint density at radius 1 is 0.667 bits per heavy atom. The molecule has 7 rings (SSSR count). The van der Waals surface area contributed by atoms with Gasteiger partial charge in [-0.15, -0.1) is 0 Å². The number of carbonyl (C=O) groups excluding carboxylic acids is 12. The van der Waals surface area contributed by atoms with Gasteiger partial charge < -0.3 is 69.5 Å². The summed E-state index contributed by atoms with van der Waals surface area (Å²) in [5, 5.41) is 8.01. The standard InChI is InChI=1S/C75H114F10N12O14/c1-12-43(3)62-70(107)91(6)42-60(100)92(7)52-22-15-14-18-31-96(69(52)106)56(36-44-23-26-47(27-24-44)74(80,81)82)68(105)90(5)41-58(98)86-51(28-25-45-34-49(76)61(50(77)35-45)75(83,84)85)66(103)97-40-48(111-13-2)37-54(97)65(102)88-73(29-19-30-73)72(109)95(10)63(46-20-16-17-21-46)71(108)94(9)55(67(104)89(4)32-33-110-11)39-59(99)93(8)53(38-57(78)79)64(101)87-62/h14-15,43-57,61-63H,12-13,16-42H2,1-11H3,(H,86,98)(H,87,101)(H,88,102)/b15-14-/t43-,44?,45?,47?,48+,49?,50?,51-,52-,53-,54-,55-,56-,61?,62-,63-/m0/s1. The molecule has 4 aliphatic carbocycles. The number of halogens is 10. The molecule has 0 aromatic rings. The average Bonchev–Trinajstić information content (AvgIpc) is 1.67. The van der Waals surface area contributed by atoms with Crippen LogP contribution >= 0.6 is 0 Å². The fourth-order valence-electron chi connectivity index (χ4n) is 17.0. The van der Waals surface area contributed by atoms with E-state index >= 15 is 37.5 Å². The number of rotatable bonds is 16. The van der Waals surface area contributed by atoms with Crippen LogP contribution in [0.25, 0.3) is 0 Å². The summed E-state index contributed by atoms with van der Waals surface area (Å²) in [6.07, 6.45) is -19.4. The minimum absolute atomic E-state index is 0.00556. The summed E-state index contributed by atoms with van der Waals surface area (Å²) < 4.78 is 156. The van der Waals surface area contributed by atoms with Gasteiger partial charge in [0.05, 0.1) is 38.1 Å². The van der Waals surface area contributed by atoms with Gasteiger partial charge in [-0.1, -0.05) is 45.3 Å². The molecular formula is C75H114F10N12O14. The summed E-state index contributed by atoms with van der Waals surface area (Å²) >= 11 is 0. The number of amides is 12. The van der Waals surface area contributed by atoms with Gasteiger partial charge >= 0.3 is 12.4 Å².